The predicted molar refractivity (Wildman–Crippen MR) is 136 cm³/mol. The first-order valence-electron chi connectivity index (χ1n) is 11.7. The zero-order valence-electron chi connectivity index (χ0n) is 21.0. The molecule has 1 heterocycles. The molecule has 0 fully saturated rings. The van der Waals surface area contributed by atoms with Crippen LogP contribution in [0.2, 0.25) is 0 Å². The second-order valence-electron chi connectivity index (χ2n) is 8.50. The molecule has 0 radical (unpaired) electrons. The lowest BCUT2D eigenvalue weighted by Crippen LogP contribution is -2.51. The minimum atomic E-state index is -3.84. The van der Waals surface area contributed by atoms with E-state index in [9.17, 15) is 18.0 Å². The SMILES string of the molecule is CCCCNC(=O)[C@@H](C)N(Cc1ccc(OC)cc1)C(=O)CN(c1ccc2c(c1)OCO2)S(C)(=O)=O. The van der Waals surface area contributed by atoms with Gasteiger partial charge in [-0.3, -0.25) is 13.9 Å². The molecule has 1 aliphatic rings. The standard InChI is InChI=1S/C25H33N3O7S/c1-5-6-13-26-25(30)18(2)27(15-19-7-10-21(33-3)11-8-19)24(29)16-28(36(4,31)32)20-9-12-22-23(14-20)35-17-34-22/h7-12,14,18H,5-6,13,15-17H2,1-4H3,(H,26,30)/t18-/m1/s1. The summed E-state index contributed by atoms with van der Waals surface area (Å²) in [5.41, 5.74) is 1.03. The van der Waals surface area contributed by atoms with E-state index in [0.717, 1.165) is 29.0 Å². The van der Waals surface area contributed by atoms with Crippen molar-refractivity contribution < 1.29 is 32.2 Å². The maximum Gasteiger partial charge on any atom is 0.244 e. The molecule has 0 spiro atoms. The molecule has 3 rings (SSSR count). The van der Waals surface area contributed by atoms with E-state index in [0.29, 0.717) is 23.8 Å². The van der Waals surface area contributed by atoms with Gasteiger partial charge in [0, 0.05) is 19.2 Å². The number of amides is 2. The van der Waals surface area contributed by atoms with Crippen molar-refractivity contribution in [3.8, 4) is 17.2 Å². The van der Waals surface area contributed by atoms with Crippen LogP contribution in [-0.4, -0.2) is 64.4 Å². The molecule has 0 aromatic heterocycles. The number of benzene rings is 2. The van der Waals surface area contributed by atoms with Gasteiger partial charge in [0.15, 0.2) is 11.5 Å². The van der Waals surface area contributed by atoms with Crippen molar-refractivity contribution in [2.24, 2.45) is 0 Å². The van der Waals surface area contributed by atoms with Gasteiger partial charge in [0.1, 0.15) is 18.3 Å². The highest BCUT2D eigenvalue weighted by molar-refractivity contribution is 7.92. The van der Waals surface area contributed by atoms with Gasteiger partial charge >= 0.3 is 0 Å². The highest BCUT2D eigenvalue weighted by Gasteiger charge is 2.30. The van der Waals surface area contributed by atoms with Gasteiger partial charge in [0.2, 0.25) is 28.6 Å². The van der Waals surface area contributed by atoms with Crippen molar-refractivity contribution >= 4 is 27.5 Å². The van der Waals surface area contributed by atoms with E-state index >= 15 is 0 Å². The highest BCUT2D eigenvalue weighted by Crippen LogP contribution is 2.36. The summed E-state index contributed by atoms with van der Waals surface area (Å²) in [6.07, 6.45) is 2.76. The maximum atomic E-state index is 13.6. The van der Waals surface area contributed by atoms with Crippen LogP contribution in [0.1, 0.15) is 32.3 Å². The fourth-order valence-corrected chi connectivity index (χ4v) is 4.54. The van der Waals surface area contributed by atoms with Gasteiger partial charge in [0.25, 0.3) is 0 Å². The van der Waals surface area contributed by atoms with Crippen molar-refractivity contribution in [3.63, 3.8) is 0 Å². The van der Waals surface area contributed by atoms with Crippen LogP contribution in [0, 0.1) is 0 Å². The number of rotatable bonds is 12. The number of anilines is 1. The Balaban J connectivity index is 1.87. The van der Waals surface area contributed by atoms with E-state index in [1.807, 2.05) is 6.92 Å². The summed E-state index contributed by atoms with van der Waals surface area (Å²) in [5.74, 6) is 0.726. The number of ether oxygens (including phenoxy) is 3. The third-order valence-electron chi connectivity index (χ3n) is 5.83. The highest BCUT2D eigenvalue weighted by atomic mass is 32.2. The topological polar surface area (TPSA) is 114 Å². The monoisotopic (exact) mass is 519 g/mol. The summed E-state index contributed by atoms with van der Waals surface area (Å²) in [7, 11) is -2.28. The number of sulfonamides is 1. The number of nitrogens with one attached hydrogen (secondary N) is 1. The largest absolute Gasteiger partial charge is 0.497 e. The predicted octanol–water partition coefficient (Wildman–Crippen LogP) is 2.52. The Morgan fingerprint density at radius 2 is 1.81 bits per heavy atom. The lowest BCUT2D eigenvalue weighted by atomic mass is 10.1. The number of hydrogen-bond donors (Lipinski definition) is 1. The molecule has 2 aromatic rings. The summed E-state index contributed by atoms with van der Waals surface area (Å²) in [6, 6.07) is 11.0. The average molecular weight is 520 g/mol. The maximum absolute atomic E-state index is 13.6. The molecule has 196 valence electrons. The van der Waals surface area contributed by atoms with Crippen LogP contribution in [0.3, 0.4) is 0 Å². The normalized spacial score (nSPS) is 13.1. The fraction of sp³-hybridized carbons (Fsp3) is 0.440. The third-order valence-corrected chi connectivity index (χ3v) is 6.97. The van der Waals surface area contributed by atoms with Crippen LogP contribution in [0.15, 0.2) is 42.5 Å². The van der Waals surface area contributed by atoms with Crippen LogP contribution < -0.4 is 23.8 Å². The van der Waals surface area contributed by atoms with Crippen molar-refractivity contribution in [2.75, 3.05) is 37.6 Å². The molecular weight excluding hydrogens is 486 g/mol. The summed E-state index contributed by atoms with van der Waals surface area (Å²) < 4.78 is 42.2. The van der Waals surface area contributed by atoms with E-state index in [2.05, 4.69) is 5.32 Å². The van der Waals surface area contributed by atoms with Crippen LogP contribution in [0.4, 0.5) is 5.69 Å². The van der Waals surface area contributed by atoms with Gasteiger partial charge in [0.05, 0.1) is 19.1 Å². The van der Waals surface area contributed by atoms with Crippen molar-refractivity contribution in [1.82, 2.24) is 10.2 Å². The summed E-state index contributed by atoms with van der Waals surface area (Å²) in [4.78, 5) is 27.8. The van der Waals surface area contributed by atoms with E-state index in [1.54, 1.807) is 50.4 Å². The smallest absolute Gasteiger partial charge is 0.244 e. The molecule has 11 heteroatoms. The second kappa shape index (κ2) is 12.0. The molecule has 2 amide bonds. The fourth-order valence-electron chi connectivity index (χ4n) is 3.70. The molecule has 0 saturated heterocycles. The van der Waals surface area contributed by atoms with Gasteiger partial charge in [-0.1, -0.05) is 25.5 Å². The molecule has 1 aliphatic heterocycles. The Morgan fingerprint density at radius 3 is 2.44 bits per heavy atom. The lowest BCUT2D eigenvalue weighted by Gasteiger charge is -2.31. The molecule has 10 nitrogen and oxygen atoms in total. The van der Waals surface area contributed by atoms with Crippen LogP contribution in [0.5, 0.6) is 17.2 Å². The summed E-state index contributed by atoms with van der Waals surface area (Å²) in [5, 5.41) is 2.85. The molecule has 1 atom stereocenters. The summed E-state index contributed by atoms with van der Waals surface area (Å²) in [6.45, 7) is 3.82. The molecule has 36 heavy (non-hydrogen) atoms. The number of unbranched alkanes of at least 4 members (excludes halogenated alkanes) is 1. The Hall–Kier alpha value is -3.47. The van der Waals surface area contributed by atoms with Gasteiger partial charge in [-0.25, -0.2) is 8.42 Å². The Bertz CT molecular complexity index is 1170. The van der Waals surface area contributed by atoms with Crippen LogP contribution >= 0.6 is 0 Å². The number of fused-ring (bicyclic) bond motifs is 1. The second-order valence-corrected chi connectivity index (χ2v) is 10.4. The van der Waals surface area contributed by atoms with Crippen molar-refractivity contribution in [1.29, 1.82) is 0 Å². The minimum absolute atomic E-state index is 0.0386. The first-order valence-corrected chi connectivity index (χ1v) is 13.6. The molecule has 0 bridgehead atoms. The van der Waals surface area contributed by atoms with Gasteiger partial charge < -0.3 is 24.4 Å². The van der Waals surface area contributed by atoms with Crippen LogP contribution in [-0.2, 0) is 26.2 Å². The quantitative estimate of drug-likeness (QED) is 0.429. The first kappa shape index (κ1) is 27.1. The molecular formula is C25H33N3O7S. The number of nitrogens with zero attached hydrogens (tertiary/aromatic N) is 2. The Morgan fingerprint density at radius 1 is 1.11 bits per heavy atom. The Kier molecular flexibility index (Phi) is 9.03. The zero-order chi connectivity index (χ0) is 26.3. The van der Waals surface area contributed by atoms with Gasteiger partial charge in [-0.05, 0) is 43.2 Å². The lowest BCUT2D eigenvalue weighted by molar-refractivity contribution is -0.139. The van der Waals surface area contributed by atoms with E-state index < -0.39 is 28.5 Å². The molecule has 0 aliphatic carbocycles. The van der Waals surface area contributed by atoms with Gasteiger partial charge in [-0.15, -0.1) is 0 Å². The van der Waals surface area contributed by atoms with E-state index in [-0.39, 0.29) is 24.9 Å². The molecule has 1 N–H and O–H groups in total. The number of methoxy groups -OCH3 is 1. The minimum Gasteiger partial charge on any atom is -0.497 e. The number of carbonyl (C=O) groups is 2. The summed E-state index contributed by atoms with van der Waals surface area (Å²) >= 11 is 0. The van der Waals surface area contributed by atoms with E-state index in [1.165, 1.54) is 11.0 Å². The third kappa shape index (κ3) is 6.81. The first-order chi connectivity index (χ1) is 17.1. The average Bonchev–Trinajstić information content (AvgIpc) is 3.33. The van der Waals surface area contributed by atoms with Gasteiger partial charge in [-0.2, -0.15) is 0 Å². The number of carbonyl (C=O) groups excluding carboxylic acids is 2. The van der Waals surface area contributed by atoms with Crippen molar-refractivity contribution in [3.05, 3.63) is 48.0 Å². The molecule has 2 aromatic carbocycles. The molecule has 0 unspecified atom stereocenters. The van der Waals surface area contributed by atoms with E-state index in [4.69, 9.17) is 14.2 Å². The molecule has 0 saturated carbocycles. The zero-order valence-corrected chi connectivity index (χ0v) is 21.8. The van der Waals surface area contributed by atoms with Crippen LogP contribution in [0.25, 0.3) is 0 Å². The number of hydrogen-bond acceptors (Lipinski definition) is 7. The van der Waals surface area contributed by atoms with Crippen molar-refractivity contribution in [2.45, 2.75) is 39.3 Å². The Labute approximate surface area is 212 Å².